The Morgan fingerprint density at radius 1 is 1.14 bits per heavy atom. The summed E-state index contributed by atoms with van der Waals surface area (Å²) in [6.45, 7) is 4.35. The predicted octanol–water partition coefficient (Wildman–Crippen LogP) is 5.34. The molecule has 21 heavy (non-hydrogen) atoms. The largest absolute Gasteiger partial charge is 0.462 e. The lowest BCUT2D eigenvalue weighted by molar-refractivity contribution is 0.0526. The Hall–Kier alpha value is -1.26. The summed E-state index contributed by atoms with van der Waals surface area (Å²) in [7, 11) is 0. The van der Waals surface area contributed by atoms with Gasteiger partial charge < -0.3 is 4.74 Å². The minimum atomic E-state index is -0.271. The van der Waals surface area contributed by atoms with Crippen LogP contribution in [0.3, 0.4) is 0 Å². The van der Waals surface area contributed by atoms with Crippen LogP contribution in [-0.4, -0.2) is 12.6 Å². The zero-order valence-electron chi connectivity index (χ0n) is 12.1. The number of rotatable bonds is 5. The van der Waals surface area contributed by atoms with E-state index in [0.717, 1.165) is 15.8 Å². The van der Waals surface area contributed by atoms with Crippen LogP contribution in [0.2, 0.25) is 0 Å². The van der Waals surface area contributed by atoms with Crippen LogP contribution in [0.25, 0.3) is 0 Å². The standard InChI is InChI=1S/C17H17BrO2S/c1-3-12-11-14(18)7-10-16(12)21-15-8-5-13(6-9-15)17(19)20-4-2/h5-11H,3-4H2,1-2H3. The fourth-order valence-corrected chi connectivity index (χ4v) is 3.33. The molecule has 2 nitrogen and oxygen atoms in total. The predicted molar refractivity (Wildman–Crippen MR) is 90.0 cm³/mol. The molecule has 0 fully saturated rings. The van der Waals surface area contributed by atoms with Gasteiger partial charge in [-0.1, -0.05) is 34.6 Å². The van der Waals surface area contributed by atoms with Gasteiger partial charge in [-0.05, 0) is 61.4 Å². The Morgan fingerprint density at radius 2 is 1.86 bits per heavy atom. The van der Waals surface area contributed by atoms with Crippen molar-refractivity contribution in [2.24, 2.45) is 0 Å². The minimum Gasteiger partial charge on any atom is -0.462 e. The fourth-order valence-electron chi connectivity index (χ4n) is 1.92. The Bertz CT molecular complexity index is 623. The number of carbonyl (C=O) groups excluding carboxylic acids is 1. The van der Waals surface area contributed by atoms with Gasteiger partial charge in [-0.25, -0.2) is 4.79 Å². The maximum Gasteiger partial charge on any atom is 0.338 e. The zero-order valence-corrected chi connectivity index (χ0v) is 14.5. The van der Waals surface area contributed by atoms with E-state index >= 15 is 0 Å². The first kappa shape index (κ1) is 16.1. The second-order valence-corrected chi connectivity index (χ2v) is 6.48. The molecule has 0 bridgehead atoms. The molecular weight excluding hydrogens is 348 g/mol. The minimum absolute atomic E-state index is 0.271. The van der Waals surface area contributed by atoms with Crippen LogP contribution in [-0.2, 0) is 11.2 Å². The zero-order chi connectivity index (χ0) is 15.2. The van der Waals surface area contributed by atoms with E-state index in [9.17, 15) is 4.79 Å². The number of carbonyl (C=O) groups is 1. The molecule has 0 aliphatic carbocycles. The van der Waals surface area contributed by atoms with Crippen molar-refractivity contribution in [2.75, 3.05) is 6.61 Å². The number of benzene rings is 2. The van der Waals surface area contributed by atoms with E-state index in [0.29, 0.717) is 12.2 Å². The van der Waals surface area contributed by atoms with Crippen LogP contribution >= 0.6 is 27.7 Å². The van der Waals surface area contributed by atoms with Gasteiger partial charge in [0.1, 0.15) is 0 Å². The van der Waals surface area contributed by atoms with Gasteiger partial charge in [-0.2, -0.15) is 0 Å². The highest BCUT2D eigenvalue weighted by molar-refractivity contribution is 9.10. The summed E-state index contributed by atoms with van der Waals surface area (Å²) >= 11 is 5.21. The van der Waals surface area contributed by atoms with Crippen molar-refractivity contribution < 1.29 is 9.53 Å². The molecule has 2 rings (SSSR count). The van der Waals surface area contributed by atoms with Gasteiger partial charge in [0.15, 0.2) is 0 Å². The summed E-state index contributed by atoms with van der Waals surface area (Å²) in [5, 5.41) is 0. The van der Waals surface area contributed by atoms with Crippen molar-refractivity contribution in [3.63, 3.8) is 0 Å². The van der Waals surface area contributed by atoms with Crippen LogP contribution in [0.1, 0.15) is 29.8 Å². The van der Waals surface area contributed by atoms with Gasteiger partial charge in [-0.3, -0.25) is 0 Å². The molecule has 2 aromatic rings. The van der Waals surface area contributed by atoms with E-state index in [1.165, 1.54) is 10.5 Å². The lowest BCUT2D eigenvalue weighted by atomic mass is 10.2. The summed E-state index contributed by atoms with van der Waals surface area (Å²) in [5.74, 6) is -0.271. The number of hydrogen-bond donors (Lipinski definition) is 0. The van der Waals surface area contributed by atoms with E-state index in [-0.39, 0.29) is 5.97 Å². The summed E-state index contributed by atoms with van der Waals surface area (Å²) in [4.78, 5) is 14.0. The molecule has 0 heterocycles. The Balaban J connectivity index is 2.15. The van der Waals surface area contributed by atoms with Gasteiger partial charge in [-0.15, -0.1) is 0 Å². The molecule has 0 unspecified atom stereocenters. The molecule has 0 N–H and O–H groups in total. The number of ether oxygens (including phenoxy) is 1. The van der Waals surface area contributed by atoms with Crippen molar-refractivity contribution >= 4 is 33.7 Å². The first-order valence-corrected chi connectivity index (χ1v) is 8.48. The Labute approximate surface area is 138 Å². The highest BCUT2D eigenvalue weighted by atomic mass is 79.9. The van der Waals surface area contributed by atoms with Crippen LogP contribution in [0.5, 0.6) is 0 Å². The third kappa shape index (κ3) is 4.35. The van der Waals surface area contributed by atoms with E-state index in [1.807, 2.05) is 31.2 Å². The van der Waals surface area contributed by atoms with Gasteiger partial charge in [0.2, 0.25) is 0 Å². The second-order valence-electron chi connectivity index (χ2n) is 4.45. The van der Waals surface area contributed by atoms with Crippen LogP contribution in [0, 0.1) is 0 Å². The molecule has 0 aromatic heterocycles. The smallest absolute Gasteiger partial charge is 0.338 e. The van der Waals surface area contributed by atoms with Crippen molar-refractivity contribution in [2.45, 2.75) is 30.1 Å². The van der Waals surface area contributed by atoms with Gasteiger partial charge in [0, 0.05) is 14.3 Å². The third-order valence-electron chi connectivity index (χ3n) is 3.00. The fraction of sp³-hybridized carbons (Fsp3) is 0.235. The Morgan fingerprint density at radius 3 is 2.48 bits per heavy atom. The second kappa shape index (κ2) is 7.66. The molecule has 0 saturated carbocycles. The van der Waals surface area contributed by atoms with E-state index in [4.69, 9.17) is 4.74 Å². The van der Waals surface area contributed by atoms with Crippen LogP contribution < -0.4 is 0 Å². The number of aryl methyl sites for hydroxylation is 1. The molecule has 0 amide bonds. The van der Waals surface area contributed by atoms with Gasteiger partial charge in [0.05, 0.1) is 12.2 Å². The van der Waals surface area contributed by atoms with Crippen molar-refractivity contribution in [3.05, 3.63) is 58.1 Å². The highest BCUT2D eigenvalue weighted by Gasteiger charge is 2.07. The molecule has 0 aliphatic rings. The number of hydrogen-bond acceptors (Lipinski definition) is 3. The molecule has 110 valence electrons. The van der Waals surface area contributed by atoms with Crippen molar-refractivity contribution in [1.29, 1.82) is 0 Å². The van der Waals surface area contributed by atoms with Gasteiger partial charge >= 0.3 is 5.97 Å². The molecule has 0 saturated heterocycles. The Kier molecular flexibility index (Phi) is 5.88. The number of halogens is 1. The summed E-state index contributed by atoms with van der Waals surface area (Å²) in [6.07, 6.45) is 0.989. The lowest BCUT2D eigenvalue weighted by Gasteiger charge is -2.08. The van der Waals surface area contributed by atoms with Crippen molar-refractivity contribution in [1.82, 2.24) is 0 Å². The summed E-state index contributed by atoms with van der Waals surface area (Å²) < 4.78 is 6.08. The normalized spacial score (nSPS) is 10.4. The van der Waals surface area contributed by atoms with E-state index < -0.39 is 0 Å². The average molecular weight is 365 g/mol. The molecular formula is C17H17BrO2S. The SMILES string of the molecule is CCOC(=O)c1ccc(Sc2ccc(Br)cc2CC)cc1. The quantitative estimate of drug-likeness (QED) is 0.669. The monoisotopic (exact) mass is 364 g/mol. The van der Waals surface area contributed by atoms with Crippen LogP contribution in [0.15, 0.2) is 56.7 Å². The van der Waals surface area contributed by atoms with E-state index in [2.05, 4.69) is 41.1 Å². The van der Waals surface area contributed by atoms with Gasteiger partial charge in [0.25, 0.3) is 0 Å². The highest BCUT2D eigenvalue weighted by Crippen LogP contribution is 2.32. The molecule has 0 spiro atoms. The third-order valence-corrected chi connectivity index (χ3v) is 4.62. The first-order valence-electron chi connectivity index (χ1n) is 6.87. The van der Waals surface area contributed by atoms with Crippen molar-refractivity contribution in [3.8, 4) is 0 Å². The molecule has 0 atom stereocenters. The molecule has 0 aliphatic heterocycles. The topological polar surface area (TPSA) is 26.3 Å². The first-order chi connectivity index (χ1) is 10.1. The molecule has 0 radical (unpaired) electrons. The van der Waals surface area contributed by atoms with Crippen LogP contribution in [0.4, 0.5) is 0 Å². The summed E-state index contributed by atoms with van der Waals surface area (Å²) in [6, 6.07) is 13.9. The average Bonchev–Trinajstić information content (AvgIpc) is 2.50. The summed E-state index contributed by atoms with van der Waals surface area (Å²) in [5.41, 5.74) is 1.90. The lowest BCUT2D eigenvalue weighted by Crippen LogP contribution is -2.03. The maximum absolute atomic E-state index is 11.6. The molecule has 4 heteroatoms. The number of esters is 1. The molecule has 2 aromatic carbocycles. The van der Waals surface area contributed by atoms with E-state index in [1.54, 1.807) is 11.8 Å². The maximum atomic E-state index is 11.6.